The van der Waals surface area contributed by atoms with Crippen LogP contribution < -0.4 is 5.32 Å². The van der Waals surface area contributed by atoms with E-state index in [4.69, 9.17) is 9.84 Å². The van der Waals surface area contributed by atoms with E-state index >= 15 is 0 Å². The zero-order chi connectivity index (χ0) is 11.9. The van der Waals surface area contributed by atoms with E-state index < -0.39 is 17.7 Å². The molecule has 0 radical (unpaired) electrons. The van der Waals surface area contributed by atoms with Gasteiger partial charge in [0, 0.05) is 18.9 Å². The Hall–Kier alpha value is -1.70. The first-order chi connectivity index (χ1) is 6.81. The van der Waals surface area contributed by atoms with E-state index in [1.165, 1.54) is 0 Å². The largest absolute Gasteiger partial charge is 0.472 e. The molecule has 0 unspecified atom stereocenters. The second kappa shape index (κ2) is 5.91. The molecule has 5 heteroatoms. The molecule has 0 aromatic heterocycles. The van der Waals surface area contributed by atoms with Crippen molar-refractivity contribution in [2.45, 2.75) is 32.8 Å². The Kier molecular flexibility index (Phi) is 5.24. The molecule has 2 N–H and O–H groups in total. The molecule has 0 aliphatic heterocycles. The van der Waals surface area contributed by atoms with Gasteiger partial charge in [-0.05, 0) is 20.8 Å². The lowest BCUT2D eigenvalue weighted by molar-refractivity contribution is -0.130. The Morgan fingerprint density at radius 1 is 1.40 bits per heavy atom. The second-order valence-electron chi connectivity index (χ2n) is 3.79. The van der Waals surface area contributed by atoms with Gasteiger partial charge in [0.2, 0.25) is 0 Å². The Labute approximate surface area is 88.8 Å². The van der Waals surface area contributed by atoms with Crippen LogP contribution in [0.2, 0.25) is 0 Å². The molecular formula is C10H15NO4. The summed E-state index contributed by atoms with van der Waals surface area (Å²) in [5.74, 6) is 3.15. The van der Waals surface area contributed by atoms with Gasteiger partial charge >= 0.3 is 12.1 Å². The fourth-order valence-electron chi connectivity index (χ4n) is 0.679. The molecule has 0 spiro atoms. The number of rotatable bonds is 2. The normalized spacial score (nSPS) is 9.80. The molecule has 1 amide bonds. The van der Waals surface area contributed by atoms with Crippen LogP contribution in [0, 0.1) is 11.8 Å². The van der Waals surface area contributed by atoms with Gasteiger partial charge in [-0.15, -0.1) is 0 Å². The van der Waals surface area contributed by atoms with Crippen molar-refractivity contribution >= 4 is 12.1 Å². The maximum absolute atomic E-state index is 11.1. The van der Waals surface area contributed by atoms with Gasteiger partial charge in [-0.1, -0.05) is 5.92 Å². The van der Waals surface area contributed by atoms with E-state index in [2.05, 4.69) is 11.2 Å². The van der Waals surface area contributed by atoms with E-state index in [0.29, 0.717) is 0 Å². The van der Waals surface area contributed by atoms with Gasteiger partial charge in [-0.25, -0.2) is 9.59 Å². The number of aliphatic carboxylic acids is 1. The highest BCUT2D eigenvalue weighted by atomic mass is 16.6. The first-order valence-electron chi connectivity index (χ1n) is 4.50. The second-order valence-corrected chi connectivity index (χ2v) is 3.79. The Morgan fingerprint density at radius 3 is 2.47 bits per heavy atom. The number of amides is 1. The lowest BCUT2D eigenvalue weighted by Gasteiger charge is -2.19. The zero-order valence-electron chi connectivity index (χ0n) is 9.09. The lowest BCUT2D eigenvalue weighted by Crippen LogP contribution is -2.32. The minimum absolute atomic E-state index is 0.273. The number of alkyl carbamates (subject to hydrolysis) is 1. The molecule has 0 saturated heterocycles. The maximum Gasteiger partial charge on any atom is 0.407 e. The summed E-state index contributed by atoms with van der Waals surface area (Å²) in [6, 6.07) is 0. The summed E-state index contributed by atoms with van der Waals surface area (Å²) in [5.41, 5.74) is -0.531. The van der Waals surface area contributed by atoms with Crippen LogP contribution in [0.5, 0.6) is 0 Å². The van der Waals surface area contributed by atoms with Crippen molar-refractivity contribution in [1.29, 1.82) is 0 Å². The van der Waals surface area contributed by atoms with Crippen LogP contribution in [-0.2, 0) is 9.53 Å². The van der Waals surface area contributed by atoms with Crippen LogP contribution in [0.4, 0.5) is 4.79 Å². The zero-order valence-corrected chi connectivity index (χ0v) is 9.09. The van der Waals surface area contributed by atoms with Crippen molar-refractivity contribution in [3.63, 3.8) is 0 Å². The Morgan fingerprint density at radius 2 is 2.00 bits per heavy atom. The molecule has 0 atom stereocenters. The highest BCUT2D eigenvalue weighted by Crippen LogP contribution is 2.06. The molecule has 0 aromatic rings. The average Bonchev–Trinajstić information content (AvgIpc) is 1.99. The number of hydrogen-bond acceptors (Lipinski definition) is 3. The molecule has 5 nitrogen and oxygen atoms in total. The molecule has 0 heterocycles. The van der Waals surface area contributed by atoms with Crippen molar-refractivity contribution in [2.75, 3.05) is 6.54 Å². The quantitative estimate of drug-likeness (QED) is 0.529. The Bertz CT molecular complexity index is 293. The van der Waals surface area contributed by atoms with Crippen molar-refractivity contribution in [3.8, 4) is 11.8 Å². The molecule has 0 saturated carbocycles. The third-order valence-electron chi connectivity index (χ3n) is 1.11. The van der Waals surface area contributed by atoms with Crippen LogP contribution >= 0.6 is 0 Å². The number of carbonyl (C=O) groups excluding carboxylic acids is 1. The highest BCUT2D eigenvalue weighted by molar-refractivity contribution is 5.86. The highest BCUT2D eigenvalue weighted by Gasteiger charge is 2.15. The van der Waals surface area contributed by atoms with E-state index in [9.17, 15) is 9.59 Å². The molecule has 15 heavy (non-hydrogen) atoms. The third kappa shape index (κ3) is 10.2. The van der Waals surface area contributed by atoms with Crippen LogP contribution in [0.1, 0.15) is 27.2 Å². The SMILES string of the molecule is CC(C)(C)OC(=O)NCCC#CC(=O)O. The first-order valence-corrected chi connectivity index (χ1v) is 4.50. The van der Waals surface area contributed by atoms with Crippen LogP contribution in [0.15, 0.2) is 0 Å². The summed E-state index contributed by atoms with van der Waals surface area (Å²) in [4.78, 5) is 21.1. The first kappa shape index (κ1) is 13.3. The van der Waals surface area contributed by atoms with Gasteiger partial charge in [-0.3, -0.25) is 0 Å². The molecule has 0 rings (SSSR count). The summed E-state index contributed by atoms with van der Waals surface area (Å²) in [5, 5.41) is 10.6. The van der Waals surface area contributed by atoms with Crippen LogP contribution in [-0.4, -0.2) is 29.3 Å². The minimum Gasteiger partial charge on any atom is -0.472 e. The molecular weight excluding hydrogens is 198 g/mol. The summed E-state index contributed by atoms with van der Waals surface area (Å²) < 4.78 is 4.95. The predicted molar refractivity (Wildman–Crippen MR) is 54.3 cm³/mol. The number of ether oxygens (including phenoxy) is 1. The van der Waals surface area contributed by atoms with E-state index in [1.807, 2.05) is 5.92 Å². The summed E-state index contributed by atoms with van der Waals surface area (Å²) in [6.07, 6.45) is -0.245. The molecule has 0 aliphatic rings. The number of carboxylic acids is 1. The van der Waals surface area contributed by atoms with Crippen LogP contribution in [0.3, 0.4) is 0 Å². The smallest absolute Gasteiger partial charge is 0.407 e. The fourth-order valence-corrected chi connectivity index (χ4v) is 0.679. The summed E-state index contributed by atoms with van der Waals surface area (Å²) in [6.45, 7) is 5.56. The van der Waals surface area contributed by atoms with E-state index in [-0.39, 0.29) is 13.0 Å². The van der Waals surface area contributed by atoms with E-state index in [1.54, 1.807) is 20.8 Å². The number of carbonyl (C=O) groups is 2. The summed E-state index contributed by atoms with van der Waals surface area (Å²) >= 11 is 0. The van der Waals surface area contributed by atoms with Crippen molar-refractivity contribution in [3.05, 3.63) is 0 Å². The van der Waals surface area contributed by atoms with Gasteiger partial charge in [0.15, 0.2) is 0 Å². The monoisotopic (exact) mass is 213 g/mol. The fraction of sp³-hybridized carbons (Fsp3) is 0.600. The average molecular weight is 213 g/mol. The summed E-state index contributed by atoms with van der Waals surface area (Å²) in [7, 11) is 0. The van der Waals surface area contributed by atoms with Gasteiger partial charge in [-0.2, -0.15) is 0 Å². The van der Waals surface area contributed by atoms with Gasteiger partial charge < -0.3 is 15.2 Å². The van der Waals surface area contributed by atoms with Crippen molar-refractivity contribution in [1.82, 2.24) is 5.32 Å². The Balaban J connectivity index is 3.67. The van der Waals surface area contributed by atoms with Crippen LogP contribution in [0.25, 0.3) is 0 Å². The van der Waals surface area contributed by atoms with E-state index in [0.717, 1.165) is 0 Å². The molecule has 84 valence electrons. The van der Waals surface area contributed by atoms with Crippen molar-refractivity contribution < 1.29 is 19.4 Å². The topological polar surface area (TPSA) is 75.6 Å². The number of hydrogen-bond donors (Lipinski definition) is 2. The standard InChI is InChI=1S/C10H15NO4/c1-10(2,3)15-9(14)11-7-5-4-6-8(12)13/h5,7H2,1-3H3,(H,11,14)(H,12,13). The lowest BCUT2D eigenvalue weighted by atomic mass is 10.2. The molecule has 0 fully saturated rings. The van der Waals surface area contributed by atoms with Crippen molar-refractivity contribution in [2.24, 2.45) is 0 Å². The molecule has 0 aromatic carbocycles. The van der Waals surface area contributed by atoms with Gasteiger partial charge in [0.25, 0.3) is 0 Å². The van der Waals surface area contributed by atoms with Gasteiger partial charge in [0.1, 0.15) is 5.60 Å². The molecule has 0 aliphatic carbocycles. The predicted octanol–water partition coefficient (Wildman–Crippen LogP) is 0.989. The minimum atomic E-state index is -1.17. The number of carboxylic acid groups (broad SMARTS) is 1. The third-order valence-corrected chi connectivity index (χ3v) is 1.11. The molecule has 0 bridgehead atoms. The maximum atomic E-state index is 11.1. The number of nitrogens with one attached hydrogen (secondary N) is 1. The van der Waals surface area contributed by atoms with Gasteiger partial charge in [0.05, 0.1) is 0 Å².